The van der Waals surface area contributed by atoms with Crippen LogP contribution < -0.4 is 10.2 Å². The average molecular weight is 366 g/mol. The lowest BCUT2D eigenvalue weighted by atomic mass is 9.73. The highest BCUT2D eigenvalue weighted by Gasteiger charge is 2.41. The number of benzene rings is 2. The maximum Gasteiger partial charge on any atom is 0.235 e. The summed E-state index contributed by atoms with van der Waals surface area (Å²) in [7, 11) is 0. The normalized spacial score (nSPS) is 19.5. The number of hydrogen-bond acceptors (Lipinski definition) is 4. The molecule has 5 heteroatoms. The maximum absolute atomic E-state index is 13.3. The van der Waals surface area contributed by atoms with Crippen molar-refractivity contribution in [2.24, 2.45) is 0 Å². The van der Waals surface area contributed by atoms with Gasteiger partial charge in [-0.1, -0.05) is 30.3 Å². The number of morpholine rings is 1. The van der Waals surface area contributed by atoms with E-state index in [9.17, 15) is 4.79 Å². The van der Waals surface area contributed by atoms with Crippen molar-refractivity contribution in [3.8, 4) is 0 Å². The fraction of sp³-hybridized carbons (Fsp3) is 0.409. The molecule has 2 heterocycles. The molecule has 5 nitrogen and oxygen atoms in total. The van der Waals surface area contributed by atoms with Gasteiger partial charge >= 0.3 is 0 Å². The lowest BCUT2D eigenvalue weighted by Crippen LogP contribution is -2.44. The Bertz CT molecular complexity index is 749. The summed E-state index contributed by atoms with van der Waals surface area (Å²) in [6, 6.07) is 18.2. The molecule has 0 atom stereocenters. The minimum absolute atomic E-state index is 0.0520. The van der Waals surface area contributed by atoms with Gasteiger partial charge < -0.3 is 19.7 Å². The standard InChI is InChI=1S/C22H26N2O3/c25-21(22(10-14-26-15-11-22)18-4-2-1-3-5-18)23-19-6-8-20(9-7-19)24-12-16-27-17-13-24/h1-9H,10-17H2,(H,23,25). The zero-order chi connectivity index (χ0) is 18.5. The highest BCUT2D eigenvalue weighted by molar-refractivity contribution is 5.99. The van der Waals surface area contributed by atoms with Gasteiger partial charge in [0.2, 0.25) is 5.91 Å². The summed E-state index contributed by atoms with van der Waals surface area (Å²) in [4.78, 5) is 15.6. The van der Waals surface area contributed by atoms with Crippen LogP contribution in [0.15, 0.2) is 54.6 Å². The van der Waals surface area contributed by atoms with Gasteiger partial charge in [0.1, 0.15) is 0 Å². The minimum atomic E-state index is -0.525. The number of amides is 1. The van der Waals surface area contributed by atoms with Crippen LogP contribution in [0, 0.1) is 0 Å². The molecule has 0 saturated carbocycles. The molecule has 1 amide bonds. The Morgan fingerprint density at radius 2 is 1.48 bits per heavy atom. The molecule has 0 aliphatic carbocycles. The van der Waals surface area contributed by atoms with Crippen LogP contribution in [-0.4, -0.2) is 45.4 Å². The molecule has 2 aromatic rings. The van der Waals surface area contributed by atoms with Crippen LogP contribution in [0.1, 0.15) is 18.4 Å². The SMILES string of the molecule is O=C(Nc1ccc(N2CCOCC2)cc1)C1(c2ccccc2)CCOCC1. The molecule has 27 heavy (non-hydrogen) atoms. The topological polar surface area (TPSA) is 50.8 Å². The molecule has 0 spiro atoms. The first-order valence-corrected chi connectivity index (χ1v) is 9.65. The molecular weight excluding hydrogens is 340 g/mol. The molecule has 0 bridgehead atoms. The van der Waals surface area contributed by atoms with E-state index in [0.717, 1.165) is 37.6 Å². The van der Waals surface area contributed by atoms with Gasteiger partial charge in [-0.3, -0.25) is 4.79 Å². The van der Waals surface area contributed by atoms with Crippen LogP contribution >= 0.6 is 0 Å². The van der Waals surface area contributed by atoms with E-state index in [1.165, 1.54) is 5.69 Å². The van der Waals surface area contributed by atoms with Crippen molar-refractivity contribution >= 4 is 17.3 Å². The summed E-state index contributed by atoms with van der Waals surface area (Å²) in [5.41, 5.74) is 2.54. The number of nitrogens with zero attached hydrogens (tertiary/aromatic N) is 1. The number of rotatable bonds is 4. The van der Waals surface area contributed by atoms with Crippen molar-refractivity contribution < 1.29 is 14.3 Å². The summed E-state index contributed by atoms with van der Waals surface area (Å²) in [5.74, 6) is 0.0520. The molecule has 2 aromatic carbocycles. The number of nitrogens with one attached hydrogen (secondary N) is 1. The van der Waals surface area contributed by atoms with E-state index in [-0.39, 0.29) is 5.91 Å². The Balaban J connectivity index is 1.51. The van der Waals surface area contributed by atoms with E-state index in [1.54, 1.807) is 0 Å². The van der Waals surface area contributed by atoms with Crippen LogP contribution in [0.25, 0.3) is 0 Å². The molecule has 0 unspecified atom stereocenters. The Morgan fingerprint density at radius 3 is 2.15 bits per heavy atom. The van der Waals surface area contributed by atoms with Gasteiger partial charge in [0, 0.05) is 37.7 Å². The van der Waals surface area contributed by atoms with Crippen molar-refractivity contribution in [2.75, 3.05) is 49.7 Å². The number of anilines is 2. The molecule has 0 radical (unpaired) electrons. The summed E-state index contributed by atoms with van der Waals surface area (Å²) in [5, 5.41) is 3.14. The maximum atomic E-state index is 13.3. The molecule has 2 aliphatic rings. The van der Waals surface area contributed by atoms with E-state index in [2.05, 4.69) is 22.3 Å². The Morgan fingerprint density at radius 1 is 0.852 bits per heavy atom. The van der Waals surface area contributed by atoms with Crippen LogP contribution in [0.2, 0.25) is 0 Å². The van der Waals surface area contributed by atoms with E-state index >= 15 is 0 Å². The first-order valence-electron chi connectivity index (χ1n) is 9.65. The van der Waals surface area contributed by atoms with Crippen molar-refractivity contribution in [3.63, 3.8) is 0 Å². The quantitative estimate of drug-likeness (QED) is 0.903. The lowest BCUT2D eigenvalue weighted by Gasteiger charge is -2.36. The van der Waals surface area contributed by atoms with E-state index in [0.29, 0.717) is 26.1 Å². The third kappa shape index (κ3) is 3.84. The molecule has 2 saturated heterocycles. The van der Waals surface area contributed by atoms with E-state index in [4.69, 9.17) is 9.47 Å². The van der Waals surface area contributed by atoms with E-state index < -0.39 is 5.41 Å². The van der Waals surface area contributed by atoms with Gasteiger partial charge in [-0.2, -0.15) is 0 Å². The monoisotopic (exact) mass is 366 g/mol. The molecular formula is C22H26N2O3. The van der Waals surface area contributed by atoms with Crippen molar-refractivity contribution in [1.29, 1.82) is 0 Å². The van der Waals surface area contributed by atoms with Crippen LogP contribution in [0.5, 0.6) is 0 Å². The third-order valence-electron chi connectivity index (χ3n) is 5.61. The van der Waals surface area contributed by atoms with Gasteiger partial charge in [0.25, 0.3) is 0 Å². The second-order valence-electron chi connectivity index (χ2n) is 7.16. The molecule has 0 aromatic heterocycles. The first-order chi connectivity index (χ1) is 13.3. The summed E-state index contributed by atoms with van der Waals surface area (Å²) >= 11 is 0. The summed E-state index contributed by atoms with van der Waals surface area (Å²) in [6.45, 7) is 4.56. The molecule has 1 N–H and O–H groups in total. The molecule has 4 rings (SSSR count). The number of carbonyl (C=O) groups is 1. The fourth-order valence-corrected chi connectivity index (χ4v) is 3.95. The molecule has 142 valence electrons. The molecule has 2 aliphatic heterocycles. The largest absolute Gasteiger partial charge is 0.381 e. The summed E-state index contributed by atoms with van der Waals surface area (Å²) in [6.07, 6.45) is 1.41. The van der Waals surface area contributed by atoms with Gasteiger partial charge in [-0.15, -0.1) is 0 Å². The van der Waals surface area contributed by atoms with Crippen LogP contribution in [-0.2, 0) is 19.7 Å². The van der Waals surface area contributed by atoms with Crippen molar-refractivity contribution in [2.45, 2.75) is 18.3 Å². The van der Waals surface area contributed by atoms with Crippen molar-refractivity contribution in [1.82, 2.24) is 0 Å². The highest BCUT2D eigenvalue weighted by atomic mass is 16.5. The van der Waals surface area contributed by atoms with Crippen molar-refractivity contribution in [3.05, 3.63) is 60.2 Å². The van der Waals surface area contributed by atoms with E-state index in [1.807, 2.05) is 42.5 Å². The summed E-state index contributed by atoms with van der Waals surface area (Å²) < 4.78 is 10.9. The van der Waals surface area contributed by atoms with Gasteiger partial charge in [-0.25, -0.2) is 0 Å². The molecule has 2 fully saturated rings. The van der Waals surface area contributed by atoms with Gasteiger partial charge in [0.15, 0.2) is 0 Å². The minimum Gasteiger partial charge on any atom is -0.381 e. The Kier molecular flexibility index (Phi) is 5.41. The third-order valence-corrected chi connectivity index (χ3v) is 5.61. The Hall–Kier alpha value is -2.37. The predicted octanol–water partition coefficient (Wildman–Crippen LogP) is 3.21. The highest BCUT2D eigenvalue weighted by Crippen LogP contribution is 2.36. The second kappa shape index (κ2) is 8.11. The Labute approximate surface area is 160 Å². The average Bonchev–Trinajstić information content (AvgIpc) is 2.76. The second-order valence-corrected chi connectivity index (χ2v) is 7.16. The van der Waals surface area contributed by atoms with Crippen LogP contribution in [0.4, 0.5) is 11.4 Å². The number of hydrogen-bond donors (Lipinski definition) is 1. The lowest BCUT2D eigenvalue weighted by molar-refractivity contribution is -0.125. The number of ether oxygens (including phenoxy) is 2. The zero-order valence-electron chi connectivity index (χ0n) is 15.5. The smallest absolute Gasteiger partial charge is 0.235 e. The van der Waals surface area contributed by atoms with Gasteiger partial charge in [-0.05, 0) is 42.7 Å². The van der Waals surface area contributed by atoms with Crippen LogP contribution in [0.3, 0.4) is 0 Å². The first kappa shape index (κ1) is 18.0. The predicted molar refractivity (Wildman–Crippen MR) is 106 cm³/mol. The fourth-order valence-electron chi connectivity index (χ4n) is 3.95. The number of carbonyl (C=O) groups excluding carboxylic acids is 1. The zero-order valence-corrected chi connectivity index (χ0v) is 15.5. The van der Waals surface area contributed by atoms with Gasteiger partial charge in [0.05, 0.1) is 18.6 Å².